The summed E-state index contributed by atoms with van der Waals surface area (Å²) in [6.45, 7) is 0.653. The Bertz CT molecular complexity index is 435. The molecule has 2 atom stereocenters. The number of nitrogens with zero attached hydrogens (tertiary/aromatic N) is 1. The van der Waals surface area contributed by atoms with Gasteiger partial charge in [0.15, 0.2) is 0 Å². The Hall–Kier alpha value is -1.10. The first kappa shape index (κ1) is 14.3. The molecule has 2 rings (SSSR count). The fraction of sp³-hybridized carbons (Fsp3) is 0.500. The van der Waals surface area contributed by atoms with Gasteiger partial charge in [-0.05, 0) is 30.5 Å². The minimum absolute atomic E-state index is 0.0111. The molecule has 1 heterocycles. The van der Waals surface area contributed by atoms with Crippen molar-refractivity contribution in [3.8, 4) is 0 Å². The first-order valence-electron chi connectivity index (χ1n) is 6.45. The zero-order valence-electron chi connectivity index (χ0n) is 10.6. The molecule has 1 aromatic carbocycles. The Morgan fingerprint density at radius 1 is 1.42 bits per heavy atom. The van der Waals surface area contributed by atoms with Crippen molar-refractivity contribution in [2.45, 2.75) is 31.4 Å². The lowest BCUT2D eigenvalue weighted by atomic mass is 10.1. The fourth-order valence-electron chi connectivity index (χ4n) is 2.44. The summed E-state index contributed by atoms with van der Waals surface area (Å²) >= 11 is 5.78. The Balaban J connectivity index is 1.96. The smallest absolute Gasteiger partial charge is 0.225 e. The Morgan fingerprint density at radius 3 is 2.74 bits per heavy atom. The van der Waals surface area contributed by atoms with Crippen LogP contribution in [0.25, 0.3) is 0 Å². The molecule has 104 valence electrons. The van der Waals surface area contributed by atoms with Gasteiger partial charge in [-0.25, -0.2) is 0 Å². The van der Waals surface area contributed by atoms with Crippen LogP contribution in [0.4, 0.5) is 0 Å². The monoisotopic (exact) mass is 283 g/mol. The van der Waals surface area contributed by atoms with Gasteiger partial charge in [0.1, 0.15) is 0 Å². The molecule has 0 radical (unpaired) electrons. The van der Waals surface area contributed by atoms with Gasteiger partial charge in [-0.1, -0.05) is 23.7 Å². The van der Waals surface area contributed by atoms with E-state index in [2.05, 4.69) is 0 Å². The van der Waals surface area contributed by atoms with Crippen molar-refractivity contribution in [3.05, 3.63) is 34.9 Å². The second-order valence-corrected chi connectivity index (χ2v) is 5.27. The van der Waals surface area contributed by atoms with Gasteiger partial charge in [0, 0.05) is 11.6 Å². The molecule has 1 aliphatic heterocycles. The van der Waals surface area contributed by atoms with Gasteiger partial charge < -0.3 is 15.1 Å². The highest BCUT2D eigenvalue weighted by molar-refractivity contribution is 6.30. The van der Waals surface area contributed by atoms with Crippen LogP contribution in [0, 0.1) is 0 Å². The molecule has 0 spiro atoms. The number of aliphatic hydroxyl groups excluding tert-OH is 2. The third kappa shape index (κ3) is 3.47. The predicted molar refractivity (Wildman–Crippen MR) is 72.8 cm³/mol. The Kier molecular flexibility index (Phi) is 4.80. The van der Waals surface area contributed by atoms with Gasteiger partial charge in [0.2, 0.25) is 5.91 Å². The first-order valence-corrected chi connectivity index (χ1v) is 6.83. The van der Waals surface area contributed by atoms with Crippen LogP contribution in [0.5, 0.6) is 0 Å². The summed E-state index contributed by atoms with van der Waals surface area (Å²) in [5.74, 6) is -0.112. The molecule has 2 N–H and O–H groups in total. The van der Waals surface area contributed by atoms with E-state index in [0.717, 1.165) is 12.8 Å². The molecule has 19 heavy (non-hydrogen) atoms. The lowest BCUT2D eigenvalue weighted by molar-refractivity contribution is -0.134. The van der Waals surface area contributed by atoms with Crippen LogP contribution in [0.15, 0.2) is 24.3 Å². The maximum atomic E-state index is 12.1. The van der Waals surface area contributed by atoms with Crippen LogP contribution >= 0.6 is 11.6 Å². The molecule has 5 heteroatoms. The van der Waals surface area contributed by atoms with Crippen LogP contribution in [0.2, 0.25) is 5.02 Å². The largest absolute Gasteiger partial charge is 0.394 e. The topological polar surface area (TPSA) is 60.8 Å². The molecule has 1 saturated heterocycles. The molecule has 1 amide bonds. The minimum atomic E-state index is -0.829. The lowest BCUT2D eigenvalue weighted by Crippen LogP contribution is -2.38. The average molecular weight is 284 g/mol. The van der Waals surface area contributed by atoms with Gasteiger partial charge in [0.05, 0.1) is 25.2 Å². The maximum Gasteiger partial charge on any atom is 0.225 e. The zero-order chi connectivity index (χ0) is 13.8. The molecule has 4 nitrogen and oxygen atoms in total. The molecule has 0 unspecified atom stereocenters. The summed E-state index contributed by atoms with van der Waals surface area (Å²) in [4.78, 5) is 13.8. The number of likely N-dealkylation sites (tertiary alicyclic amines) is 1. The third-order valence-electron chi connectivity index (χ3n) is 3.53. The van der Waals surface area contributed by atoms with Crippen LogP contribution in [0.3, 0.4) is 0 Å². The van der Waals surface area contributed by atoms with Crippen molar-refractivity contribution in [2.75, 3.05) is 13.2 Å². The first-order chi connectivity index (χ1) is 9.11. The number of benzene rings is 1. The van der Waals surface area contributed by atoms with Crippen LogP contribution in [-0.2, 0) is 4.79 Å². The highest BCUT2D eigenvalue weighted by Gasteiger charge is 2.29. The number of carbonyl (C=O) groups excluding carboxylic acids is 1. The van der Waals surface area contributed by atoms with E-state index in [-0.39, 0.29) is 25.0 Å². The van der Waals surface area contributed by atoms with E-state index in [1.165, 1.54) is 0 Å². The number of rotatable bonds is 4. The quantitative estimate of drug-likeness (QED) is 0.885. The number of aliphatic hydroxyl groups is 2. The number of hydrogen-bond acceptors (Lipinski definition) is 3. The summed E-state index contributed by atoms with van der Waals surface area (Å²) in [6, 6.07) is 6.72. The highest BCUT2D eigenvalue weighted by atomic mass is 35.5. The third-order valence-corrected chi connectivity index (χ3v) is 3.78. The molecule has 1 aromatic rings. The zero-order valence-corrected chi connectivity index (χ0v) is 11.4. The predicted octanol–water partition coefficient (Wildman–Crippen LogP) is 1.75. The second-order valence-electron chi connectivity index (χ2n) is 4.84. The van der Waals surface area contributed by atoms with Gasteiger partial charge >= 0.3 is 0 Å². The van der Waals surface area contributed by atoms with E-state index < -0.39 is 6.10 Å². The molecule has 0 aliphatic carbocycles. The van der Waals surface area contributed by atoms with E-state index >= 15 is 0 Å². The Morgan fingerprint density at radius 2 is 2.11 bits per heavy atom. The number of amides is 1. The van der Waals surface area contributed by atoms with E-state index in [9.17, 15) is 15.0 Å². The molecule has 0 saturated carbocycles. The normalized spacial score (nSPS) is 20.6. The van der Waals surface area contributed by atoms with Gasteiger partial charge in [-0.3, -0.25) is 4.79 Å². The molecule has 1 fully saturated rings. The van der Waals surface area contributed by atoms with Crippen molar-refractivity contribution >= 4 is 17.5 Å². The van der Waals surface area contributed by atoms with Gasteiger partial charge in [-0.15, -0.1) is 0 Å². The summed E-state index contributed by atoms with van der Waals surface area (Å²) in [5, 5.41) is 19.8. The fourth-order valence-corrected chi connectivity index (χ4v) is 2.57. The maximum absolute atomic E-state index is 12.1. The highest BCUT2D eigenvalue weighted by Crippen LogP contribution is 2.23. The summed E-state index contributed by atoms with van der Waals surface area (Å²) in [7, 11) is 0. The second kappa shape index (κ2) is 6.37. The number of hydrogen-bond donors (Lipinski definition) is 2. The van der Waals surface area contributed by atoms with Crippen LogP contribution in [0.1, 0.15) is 30.9 Å². The summed E-state index contributed by atoms with van der Waals surface area (Å²) in [6.07, 6.45) is 0.954. The average Bonchev–Trinajstić information content (AvgIpc) is 2.87. The van der Waals surface area contributed by atoms with Crippen LogP contribution in [-0.4, -0.2) is 40.2 Å². The van der Waals surface area contributed by atoms with E-state index in [4.69, 9.17) is 11.6 Å². The molecule has 0 aromatic heterocycles. The van der Waals surface area contributed by atoms with Gasteiger partial charge in [-0.2, -0.15) is 0 Å². The molecular formula is C14H18ClNO3. The lowest BCUT2D eigenvalue weighted by Gasteiger charge is -2.24. The standard InChI is InChI=1S/C14H18ClNO3/c15-11-5-3-10(4-6-11)13(18)8-14(19)16-7-1-2-12(16)9-17/h3-6,12-13,17-18H,1-2,7-9H2/t12-,13+/m1/s1. The van der Waals surface area contributed by atoms with E-state index in [1.807, 2.05) is 0 Å². The number of carbonyl (C=O) groups is 1. The van der Waals surface area contributed by atoms with Crippen LogP contribution < -0.4 is 0 Å². The van der Waals surface area contributed by atoms with E-state index in [0.29, 0.717) is 17.1 Å². The molecular weight excluding hydrogens is 266 g/mol. The molecule has 0 bridgehead atoms. The van der Waals surface area contributed by atoms with Gasteiger partial charge in [0.25, 0.3) is 0 Å². The van der Waals surface area contributed by atoms with E-state index in [1.54, 1.807) is 29.2 Å². The molecule has 1 aliphatic rings. The number of halogens is 1. The summed E-state index contributed by atoms with van der Waals surface area (Å²) in [5.41, 5.74) is 0.678. The van der Waals surface area contributed by atoms with Crippen molar-refractivity contribution in [1.82, 2.24) is 4.90 Å². The van der Waals surface area contributed by atoms with Crippen molar-refractivity contribution in [2.24, 2.45) is 0 Å². The van der Waals surface area contributed by atoms with Crippen molar-refractivity contribution in [3.63, 3.8) is 0 Å². The summed E-state index contributed by atoms with van der Waals surface area (Å²) < 4.78 is 0. The van der Waals surface area contributed by atoms with Crippen molar-refractivity contribution in [1.29, 1.82) is 0 Å². The SMILES string of the molecule is O=C(C[C@H](O)c1ccc(Cl)cc1)N1CCC[C@@H]1CO. The Labute approximate surface area is 117 Å². The van der Waals surface area contributed by atoms with Crippen molar-refractivity contribution < 1.29 is 15.0 Å². The minimum Gasteiger partial charge on any atom is -0.394 e.